The first-order valence-electron chi connectivity index (χ1n) is 8.51. The van der Waals surface area contributed by atoms with Crippen LogP contribution < -0.4 is 9.47 Å². The second-order valence-electron chi connectivity index (χ2n) is 6.18. The third-order valence-electron chi connectivity index (χ3n) is 3.78. The van der Waals surface area contributed by atoms with E-state index < -0.39 is 0 Å². The van der Waals surface area contributed by atoms with E-state index in [2.05, 4.69) is 67.0 Å². The molecule has 0 aliphatic heterocycles. The minimum atomic E-state index is 0.165. The van der Waals surface area contributed by atoms with Crippen LogP contribution in [0.4, 0.5) is 0 Å². The normalized spacial score (nSPS) is 11.2. The molecule has 0 N–H and O–H groups in total. The fourth-order valence-electron chi connectivity index (χ4n) is 2.69. The van der Waals surface area contributed by atoms with Crippen molar-refractivity contribution >= 4 is 26.7 Å². The Hall–Kier alpha value is -1.22. The summed E-state index contributed by atoms with van der Waals surface area (Å²) in [4.78, 5) is 0. The van der Waals surface area contributed by atoms with Crippen molar-refractivity contribution in [2.75, 3.05) is 11.9 Å². The number of benzene rings is 2. The van der Waals surface area contributed by atoms with Crippen LogP contribution in [0, 0.1) is 6.92 Å². The number of ether oxygens (including phenoxy) is 2. The SMILES string of the molecule is Cc1cc(OCCCCCCBr)c2ccccc2c1OC(C)C. The summed E-state index contributed by atoms with van der Waals surface area (Å²) in [6.45, 7) is 6.99. The fraction of sp³-hybridized carbons (Fsp3) is 0.500. The van der Waals surface area contributed by atoms with E-state index in [4.69, 9.17) is 9.47 Å². The van der Waals surface area contributed by atoms with E-state index in [0.29, 0.717) is 0 Å². The van der Waals surface area contributed by atoms with Crippen molar-refractivity contribution < 1.29 is 9.47 Å². The first-order valence-corrected chi connectivity index (χ1v) is 9.63. The Kier molecular flexibility index (Phi) is 7.22. The van der Waals surface area contributed by atoms with E-state index >= 15 is 0 Å². The number of aryl methyl sites for hydroxylation is 1. The quantitative estimate of drug-likeness (QED) is 0.378. The summed E-state index contributed by atoms with van der Waals surface area (Å²) < 4.78 is 12.1. The number of fused-ring (bicyclic) bond motifs is 1. The van der Waals surface area contributed by atoms with Gasteiger partial charge >= 0.3 is 0 Å². The van der Waals surface area contributed by atoms with Gasteiger partial charge in [0.05, 0.1) is 12.7 Å². The van der Waals surface area contributed by atoms with Crippen molar-refractivity contribution in [2.24, 2.45) is 0 Å². The number of rotatable bonds is 9. The molecule has 2 rings (SSSR count). The van der Waals surface area contributed by atoms with Crippen LogP contribution in [-0.4, -0.2) is 18.0 Å². The molecule has 0 aromatic heterocycles. The Balaban J connectivity index is 2.14. The average Bonchev–Trinajstić information content (AvgIpc) is 2.54. The van der Waals surface area contributed by atoms with Crippen LogP contribution in [0.5, 0.6) is 11.5 Å². The summed E-state index contributed by atoms with van der Waals surface area (Å²) in [6.07, 6.45) is 4.99. The van der Waals surface area contributed by atoms with Crippen LogP contribution in [0.25, 0.3) is 10.8 Å². The van der Waals surface area contributed by atoms with Gasteiger partial charge in [-0.3, -0.25) is 0 Å². The molecule has 0 atom stereocenters. The molecule has 0 amide bonds. The third-order valence-corrected chi connectivity index (χ3v) is 4.34. The van der Waals surface area contributed by atoms with Crippen LogP contribution in [0.3, 0.4) is 0 Å². The molecule has 0 aliphatic rings. The first kappa shape index (κ1) is 18.1. The van der Waals surface area contributed by atoms with Crippen molar-refractivity contribution in [3.8, 4) is 11.5 Å². The lowest BCUT2D eigenvalue weighted by Gasteiger charge is -2.18. The van der Waals surface area contributed by atoms with Gasteiger partial charge in [-0.15, -0.1) is 0 Å². The van der Waals surface area contributed by atoms with Crippen molar-refractivity contribution in [1.82, 2.24) is 0 Å². The number of hydrogen-bond acceptors (Lipinski definition) is 2. The van der Waals surface area contributed by atoms with Gasteiger partial charge in [-0.1, -0.05) is 53.0 Å². The number of hydrogen-bond donors (Lipinski definition) is 0. The summed E-state index contributed by atoms with van der Waals surface area (Å²) >= 11 is 3.47. The Morgan fingerprint density at radius 2 is 1.70 bits per heavy atom. The predicted octanol–water partition coefficient (Wildman–Crippen LogP) is 6.27. The molecule has 2 aromatic carbocycles. The second-order valence-corrected chi connectivity index (χ2v) is 6.98. The van der Waals surface area contributed by atoms with Crippen molar-refractivity contribution in [3.63, 3.8) is 0 Å². The van der Waals surface area contributed by atoms with Crippen molar-refractivity contribution in [1.29, 1.82) is 0 Å². The zero-order chi connectivity index (χ0) is 16.7. The monoisotopic (exact) mass is 378 g/mol. The molecule has 2 aromatic rings. The number of halogens is 1. The summed E-state index contributed by atoms with van der Waals surface area (Å²) in [5.74, 6) is 1.94. The first-order chi connectivity index (χ1) is 11.1. The van der Waals surface area contributed by atoms with Gasteiger partial charge in [0.1, 0.15) is 11.5 Å². The Bertz CT molecular complexity index is 622. The Labute approximate surface area is 148 Å². The largest absolute Gasteiger partial charge is 0.493 e. The van der Waals surface area contributed by atoms with Gasteiger partial charge in [0.25, 0.3) is 0 Å². The smallest absolute Gasteiger partial charge is 0.130 e. The lowest BCUT2D eigenvalue weighted by molar-refractivity contribution is 0.243. The predicted molar refractivity (Wildman–Crippen MR) is 102 cm³/mol. The maximum absolute atomic E-state index is 6.07. The third kappa shape index (κ3) is 5.13. The molecule has 0 bridgehead atoms. The average molecular weight is 379 g/mol. The number of alkyl halides is 1. The van der Waals surface area contributed by atoms with Crippen LogP contribution in [-0.2, 0) is 0 Å². The minimum absolute atomic E-state index is 0.165. The Morgan fingerprint density at radius 1 is 1.00 bits per heavy atom. The minimum Gasteiger partial charge on any atom is -0.493 e. The molecule has 0 saturated carbocycles. The van der Waals surface area contributed by atoms with E-state index in [1.54, 1.807) is 0 Å². The molecule has 0 aliphatic carbocycles. The molecule has 0 heterocycles. The lowest BCUT2D eigenvalue weighted by atomic mass is 10.0. The van der Waals surface area contributed by atoms with E-state index in [0.717, 1.165) is 46.2 Å². The summed E-state index contributed by atoms with van der Waals surface area (Å²) in [7, 11) is 0. The van der Waals surface area contributed by atoms with Crippen LogP contribution in [0.2, 0.25) is 0 Å². The molecule has 2 nitrogen and oxygen atoms in total. The lowest BCUT2D eigenvalue weighted by Crippen LogP contribution is -2.07. The second kappa shape index (κ2) is 9.17. The van der Waals surface area contributed by atoms with Gasteiger partial charge in [-0.05, 0) is 45.2 Å². The van der Waals surface area contributed by atoms with Gasteiger partial charge in [-0.25, -0.2) is 0 Å². The van der Waals surface area contributed by atoms with Crippen molar-refractivity contribution in [3.05, 3.63) is 35.9 Å². The molecule has 0 saturated heterocycles. The summed E-state index contributed by atoms with van der Waals surface area (Å²) in [5.41, 5.74) is 1.13. The van der Waals surface area contributed by atoms with E-state index in [1.165, 1.54) is 19.3 Å². The standard InChI is InChI=1S/C20H27BrO2/c1-15(2)23-20-16(3)14-19(17-10-6-7-11-18(17)20)22-13-9-5-4-8-12-21/h6-7,10-11,14-15H,4-5,8-9,12-13H2,1-3H3. The van der Waals surface area contributed by atoms with Gasteiger partial charge < -0.3 is 9.47 Å². The highest BCUT2D eigenvalue weighted by atomic mass is 79.9. The van der Waals surface area contributed by atoms with Crippen molar-refractivity contribution in [2.45, 2.75) is 52.6 Å². The van der Waals surface area contributed by atoms with Crippen LogP contribution in [0.1, 0.15) is 45.1 Å². The maximum atomic E-state index is 6.07. The summed E-state index contributed by atoms with van der Waals surface area (Å²) in [6, 6.07) is 10.4. The van der Waals surface area contributed by atoms with Crippen LogP contribution >= 0.6 is 15.9 Å². The zero-order valence-electron chi connectivity index (χ0n) is 14.4. The Morgan fingerprint density at radius 3 is 2.39 bits per heavy atom. The molecule has 23 heavy (non-hydrogen) atoms. The summed E-state index contributed by atoms with van der Waals surface area (Å²) in [5, 5.41) is 3.36. The molecular weight excluding hydrogens is 352 g/mol. The van der Waals surface area contributed by atoms with E-state index in [1.807, 2.05) is 0 Å². The van der Waals surface area contributed by atoms with Gasteiger partial charge in [0, 0.05) is 16.1 Å². The van der Waals surface area contributed by atoms with Crippen LogP contribution in [0.15, 0.2) is 30.3 Å². The van der Waals surface area contributed by atoms with Gasteiger partial charge in [-0.2, -0.15) is 0 Å². The topological polar surface area (TPSA) is 18.5 Å². The molecule has 0 fully saturated rings. The van der Waals surface area contributed by atoms with E-state index in [9.17, 15) is 0 Å². The molecule has 0 spiro atoms. The highest BCUT2D eigenvalue weighted by Gasteiger charge is 2.12. The van der Waals surface area contributed by atoms with Gasteiger partial charge in [0.15, 0.2) is 0 Å². The van der Waals surface area contributed by atoms with Gasteiger partial charge in [0.2, 0.25) is 0 Å². The fourth-order valence-corrected chi connectivity index (χ4v) is 3.09. The molecule has 0 radical (unpaired) electrons. The highest BCUT2D eigenvalue weighted by molar-refractivity contribution is 9.09. The highest BCUT2D eigenvalue weighted by Crippen LogP contribution is 2.37. The molecular formula is C20H27BrO2. The molecule has 0 unspecified atom stereocenters. The molecule has 3 heteroatoms. The zero-order valence-corrected chi connectivity index (χ0v) is 16.0. The molecule has 126 valence electrons. The van der Waals surface area contributed by atoms with E-state index in [-0.39, 0.29) is 6.10 Å². The maximum Gasteiger partial charge on any atom is 0.130 e. The number of unbranched alkanes of at least 4 members (excludes halogenated alkanes) is 3.